The zero-order valence-electron chi connectivity index (χ0n) is 36.9. The number of rotatable bonds is 16. The third-order valence-electron chi connectivity index (χ3n) is 11.8. The Hall–Kier alpha value is -6.38. The Morgan fingerprint density at radius 2 is 1.27 bits per heavy atom. The van der Waals surface area contributed by atoms with Gasteiger partial charge in [-0.15, -0.1) is 11.3 Å². The predicted molar refractivity (Wildman–Crippen MR) is 255 cm³/mol. The van der Waals surface area contributed by atoms with Crippen molar-refractivity contribution < 1.29 is 22.3 Å². The first kappa shape index (κ1) is 47.1. The lowest BCUT2D eigenvalue weighted by Gasteiger charge is -2.43. The van der Waals surface area contributed by atoms with E-state index in [0.717, 1.165) is 54.7 Å². The van der Waals surface area contributed by atoms with Gasteiger partial charge in [0.15, 0.2) is 11.3 Å². The van der Waals surface area contributed by atoms with Gasteiger partial charge in [-0.05, 0) is 76.2 Å². The van der Waals surface area contributed by atoms with Gasteiger partial charge in [0.1, 0.15) is 29.5 Å². The second kappa shape index (κ2) is 20.4. The smallest absolute Gasteiger partial charge is 0.437 e. The highest BCUT2D eigenvalue weighted by atomic mass is 32.1. The van der Waals surface area contributed by atoms with Crippen LogP contribution in [0.5, 0.6) is 5.75 Å². The number of alkyl halides is 3. The fourth-order valence-electron chi connectivity index (χ4n) is 8.54. The lowest BCUT2D eigenvalue weighted by Crippen LogP contribution is -2.68. The van der Waals surface area contributed by atoms with E-state index in [9.17, 15) is 15.8 Å². The van der Waals surface area contributed by atoms with Crippen LogP contribution in [-0.2, 0) is 10.3 Å². The van der Waals surface area contributed by atoms with Crippen LogP contribution in [0, 0.1) is 34.0 Å². The third kappa shape index (κ3) is 9.58. The average molecular weight is 892 g/mol. The van der Waals surface area contributed by atoms with Crippen LogP contribution in [0.3, 0.4) is 0 Å². The molecule has 0 amide bonds. The van der Waals surface area contributed by atoms with Gasteiger partial charge in [-0.3, -0.25) is 0 Å². The van der Waals surface area contributed by atoms with Crippen LogP contribution >= 0.6 is 11.3 Å². The van der Waals surface area contributed by atoms with Crippen molar-refractivity contribution in [3.05, 3.63) is 176 Å². The molecule has 4 aromatic carbocycles. The van der Waals surface area contributed by atoms with Gasteiger partial charge in [-0.1, -0.05) is 170 Å². The Kier molecular flexibility index (Phi) is 15.0. The van der Waals surface area contributed by atoms with Gasteiger partial charge in [0.2, 0.25) is 0 Å². The fourth-order valence-corrected chi connectivity index (χ4v) is 13.8. The van der Waals surface area contributed by atoms with E-state index in [2.05, 4.69) is 101 Å². The molecule has 5 aromatic rings. The largest absolute Gasteiger partial charge is 0.534 e. The zero-order chi connectivity index (χ0) is 46.0. The fraction of sp³-hybridized carbons (Fsp3) is 0.278. The van der Waals surface area contributed by atoms with Gasteiger partial charge < -0.3 is 9.16 Å². The summed E-state index contributed by atoms with van der Waals surface area (Å²) in [6.45, 7) is 11.3. The molecule has 0 saturated carbocycles. The second-order valence-electron chi connectivity index (χ2n) is 16.9. The van der Waals surface area contributed by atoms with Crippen LogP contribution in [0.25, 0.3) is 18.2 Å². The van der Waals surface area contributed by atoms with Gasteiger partial charge in [0, 0.05) is 26.5 Å². The topological polar surface area (TPSA) is 89.8 Å². The second-order valence-corrected chi connectivity index (χ2v) is 22.3. The number of ether oxygens (including phenoxy) is 1. The Bertz CT molecular complexity index is 2600. The SMILES string of the molecule is CCCCC(CCCC)c1ccc(/C=C/c2ccc(/C=C/C3=C(C#N)C(=C(C#N)C#N)OC3(c3ccccc3)C(F)(F)F)s2)c(O[Si](c2ccccc2)(c2ccccc2)C(C)(C)C)c1. The molecule has 1 atom stereocenters. The van der Waals surface area contributed by atoms with Crippen LogP contribution in [0.15, 0.2) is 150 Å². The molecule has 5 nitrogen and oxygen atoms in total. The number of halogens is 3. The van der Waals surface area contributed by atoms with E-state index in [4.69, 9.17) is 9.16 Å². The molecule has 2 heterocycles. The molecule has 1 aliphatic heterocycles. The molecule has 0 spiro atoms. The van der Waals surface area contributed by atoms with Gasteiger partial charge in [0.25, 0.3) is 5.60 Å². The third-order valence-corrected chi connectivity index (χ3v) is 17.7. The van der Waals surface area contributed by atoms with Crippen LogP contribution in [0.2, 0.25) is 5.04 Å². The molecule has 0 fully saturated rings. The number of hydrogen-bond donors (Lipinski definition) is 0. The number of nitrogens with zero attached hydrogens (tertiary/aromatic N) is 3. The molecule has 1 unspecified atom stereocenters. The van der Waals surface area contributed by atoms with Crippen LogP contribution in [0.4, 0.5) is 13.2 Å². The molecule has 0 aliphatic carbocycles. The van der Waals surface area contributed by atoms with Gasteiger partial charge in [-0.2, -0.15) is 29.0 Å². The van der Waals surface area contributed by atoms with Crippen molar-refractivity contribution in [2.45, 2.75) is 95.9 Å². The number of hydrogen-bond acceptors (Lipinski definition) is 6. The van der Waals surface area contributed by atoms with E-state index in [0.29, 0.717) is 10.8 Å². The molecule has 1 aliphatic rings. The van der Waals surface area contributed by atoms with Crippen molar-refractivity contribution >= 4 is 48.3 Å². The monoisotopic (exact) mass is 891 g/mol. The Morgan fingerprint density at radius 3 is 1.75 bits per heavy atom. The predicted octanol–water partition coefficient (Wildman–Crippen LogP) is 13.9. The van der Waals surface area contributed by atoms with Crippen LogP contribution in [-0.4, -0.2) is 14.5 Å². The number of thiophene rings is 1. The maximum Gasteiger partial charge on any atom is 0.437 e. The molecule has 64 heavy (non-hydrogen) atoms. The van der Waals surface area contributed by atoms with Gasteiger partial charge in [-0.25, -0.2) is 0 Å². The quantitative estimate of drug-likeness (QED) is 0.0727. The molecule has 10 heteroatoms. The molecular weight excluding hydrogens is 840 g/mol. The molecular formula is C54H52F3N3O2SSi. The molecule has 326 valence electrons. The summed E-state index contributed by atoms with van der Waals surface area (Å²) in [5, 5.41) is 31.5. The number of allylic oxidation sites excluding steroid dienone is 2. The maximum atomic E-state index is 15.4. The minimum atomic E-state index is -5.08. The summed E-state index contributed by atoms with van der Waals surface area (Å²) in [5.41, 5.74) is -3.03. The Labute approximate surface area is 380 Å². The molecule has 0 radical (unpaired) electrons. The van der Waals surface area contributed by atoms with E-state index < -0.39 is 42.6 Å². The number of nitriles is 3. The van der Waals surface area contributed by atoms with Gasteiger partial charge in [0.05, 0.1) is 0 Å². The summed E-state index contributed by atoms with van der Waals surface area (Å²) < 4.78 is 59.4. The average Bonchev–Trinajstić information content (AvgIpc) is 3.90. The molecule has 0 N–H and O–H groups in total. The van der Waals surface area contributed by atoms with E-state index in [1.807, 2.05) is 30.4 Å². The normalized spacial score (nSPS) is 15.6. The number of unbranched alkanes of at least 4 members (excludes halogenated alkanes) is 2. The Balaban J connectivity index is 1.45. The highest BCUT2D eigenvalue weighted by Gasteiger charge is 2.65. The molecule has 1 aromatic heterocycles. The minimum Gasteiger partial charge on any atom is -0.534 e. The summed E-state index contributed by atoms with van der Waals surface area (Å²) in [6.07, 6.45) is 8.37. The van der Waals surface area contributed by atoms with Crippen molar-refractivity contribution in [2.75, 3.05) is 0 Å². The first-order valence-electron chi connectivity index (χ1n) is 21.7. The van der Waals surface area contributed by atoms with Gasteiger partial charge >= 0.3 is 14.5 Å². The van der Waals surface area contributed by atoms with Crippen LogP contribution in [0.1, 0.15) is 106 Å². The summed E-state index contributed by atoms with van der Waals surface area (Å²) >= 11 is 1.36. The maximum absolute atomic E-state index is 15.4. The zero-order valence-corrected chi connectivity index (χ0v) is 38.7. The highest BCUT2D eigenvalue weighted by Crippen LogP contribution is 2.56. The van der Waals surface area contributed by atoms with E-state index in [-0.39, 0.29) is 10.6 Å². The Morgan fingerprint density at radius 1 is 0.734 bits per heavy atom. The van der Waals surface area contributed by atoms with E-state index in [1.165, 1.54) is 63.7 Å². The summed E-state index contributed by atoms with van der Waals surface area (Å²) in [4.78, 5) is 1.45. The van der Waals surface area contributed by atoms with Crippen molar-refractivity contribution in [3.63, 3.8) is 0 Å². The molecule has 0 bridgehead atoms. The summed E-state index contributed by atoms with van der Waals surface area (Å²) in [5.74, 6) is 0.494. The van der Waals surface area contributed by atoms with Crippen LogP contribution < -0.4 is 14.8 Å². The highest BCUT2D eigenvalue weighted by molar-refractivity contribution is 7.13. The summed E-state index contributed by atoms with van der Waals surface area (Å²) in [6, 6.07) is 43.4. The van der Waals surface area contributed by atoms with Crippen molar-refractivity contribution in [3.8, 4) is 24.0 Å². The first-order chi connectivity index (χ1) is 30.8. The van der Waals surface area contributed by atoms with Crippen molar-refractivity contribution in [1.29, 1.82) is 15.8 Å². The molecule has 0 saturated heterocycles. The molecule has 6 rings (SSSR count). The van der Waals surface area contributed by atoms with Crippen molar-refractivity contribution in [1.82, 2.24) is 0 Å². The first-order valence-corrected chi connectivity index (χ1v) is 24.4. The standard InChI is InChI=1S/C54H52F3N3O2SSi/c1-6-8-19-39(20-9-7-2)41-28-27-40(50(35-41)62-64(52(3,4)5,46-23-15-11-16-24-46)47-25-17-12-18-26-47)29-30-44-31-32-45(63-44)33-34-49-48(38-60)51(42(36-58)37-59)61-53(49,54(55,56)57)43-21-13-10-14-22-43/h10-18,21-35,39H,6-9,19-20H2,1-5H3/b30-29+,34-33+. The lowest BCUT2D eigenvalue weighted by molar-refractivity contribution is -0.249. The van der Waals surface area contributed by atoms with Crippen molar-refractivity contribution in [2.24, 2.45) is 0 Å². The minimum absolute atomic E-state index is 0.276. The number of benzene rings is 4. The summed E-state index contributed by atoms with van der Waals surface area (Å²) in [7, 11) is -3.03. The lowest BCUT2D eigenvalue weighted by atomic mass is 9.84. The van der Waals surface area contributed by atoms with E-state index in [1.54, 1.807) is 30.3 Å². The van der Waals surface area contributed by atoms with E-state index >= 15 is 13.2 Å².